The number of fused-ring (bicyclic) bond motifs is 3. The van der Waals surface area contributed by atoms with Crippen LogP contribution in [0, 0.1) is 0 Å². The summed E-state index contributed by atoms with van der Waals surface area (Å²) in [5, 5.41) is 49.8. The molecule has 0 aliphatic carbocycles. The van der Waals surface area contributed by atoms with Crippen molar-refractivity contribution < 1.29 is 58.7 Å². The van der Waals surface area contributed by atoms with Crippen molar-refractivity contribution in [3.63, 3.8) is 0 Å². The lowest BCUT2D eigenvalue weighted by Crippen LogP contribution is -2.68. The third-order valence-corrected chi connectivity index (χ3v) is 5.29. The van der Waals surface area contributed by atoms with Gasteiger partial charge in [-0.25, -0.2) is 4.79 Å². The Balaban J connectivity index is 1.54. The number of carboxylic acid groups (broad SMARTS) is 1. The molecule has 11 atom stereocenters. The lowest BCUT2D eigenvalue weighted by molar-refractivity contribution is -0.395. The van der Waals surface area contributed by atoms with E-state index in [1.54, 1.807) is 0 Å². The summed E-state index contributed by atoms with van der Waals surface area (Å²) in [6.07, 6.45) is -11.9. The van der Waals surface area contributed by atoms with Crippen LogP contribution in [0.4, 0.5) is 0 Å². The zero-order valence-corrected chi connectivity index (χ0v) is 14.3. The Morgan fingerprint density at radius 3 is 2.44 bits per heavy atom. The lowest BCUT2D eigenvalue weighted by atomic mass is 9.96. The van der Waals surface area contributed by atoms with Gasteiger partial charge >= 0.3 is 5.97 Å². The minimum absolute atomic E-state index is 0.0647. The van der Waals surface area contributed by atoms with Gasteiger partial charge in [0.2, 0.25) is 0 Å². The highest BCUT2D eigenvalue weighted by Gasteiger charge is 2.57. The summed E-state index contributed by atoms with van der Waals surface area (Å²) < 4.78 is 32.3. The largest absolute Gasteiger partial charge is 0.477 e. The van der Waals surface area contributed by atoms with Crippen LogP contribution >= 0.6 is 0 Å². The molecular formula is C15H22O12. The summed E-state index contributed by atoms with van der Waals surface area (Å²) in [7, 11) is 0. The van der Waals surface area contributed by atoms with Crippen LogP contribution < -0.4 is 0 Å². The summed E-state index contributed by atoms with van der Waals surface area (Å²) in [5.41, 5.74) is 0. The maximum absolute atomic E-state index is 11.4. The van der Waals surface area contributed by atoms with E-state index in [1.165, 1.54) is 6.92 Å². The number of carboxylic acids is 1. The van der Waals surface area contributed by atoms with Gasteiger partial charge in [0.25, 0.3) is 5.79 Å². The smallest absolute Gasteiger partial charge is 0.364 e. The van der Waals surface area contributed by atoms with Gasteiger partial charge in [0, 0.05) is 6.92 Å². The number of hydrogen-bond acceptors (Lipinski definition) is 11. The molecule has 2 bridgehead atoms. The summed E-state index contributed by atoms with van der Waals surface area (Å²) in [6.45, 7) is 1.03. The second kappa shape index (κ2) is 6.84. The zero-order valence-electron chi connectivity index (χ0n) is 14.3. The van der Waals surface area contributed by atoms with Crippen molar-refractivity contribution in [2.75, 3.05) is 13.2 Å². The van der Waals surface area contributed by atoms with E-state index in [-0.39, 0.29) is 13.2 Å². The van der Waals surface area contributed by atoms with Gasteiger partial charge in [-0.2, -0.15) is 0 Å². The summed E-state index contributed by atoms with van der Waals surface area (Å²) >= 11 is 0. The van der Waals surface area contributed by atoms with Gasteiger partial charge < -0.3 is 54.0 Å². The van der Waals surface area contributed by atoms with Crippen LogP contribution in [0.5, 0.6) is 0 Å². The Morgan fingerprint density at radius 1 is 1.00 bits per heavy atom. The van der Waals surface area contributed by atoms with Crippen molar-refractivity contribution in [2.45, 2.75) is 74.1 Å². The Kier molecular flexibility index (Phi) is 4.91. The Morgan fingerprint density at radius 2 is 1.74 bits per heavy atom. The third kappa shape index (κ3) is 3.15. The van der Waals surface area contributed by atoms with Gasteiger partial charge in [-0.3, -0.25) is 0 Å². The van der Waals surface area contributed by atoms with Crippen molar-refractivity contribution in [3.05, 3.63) is 0 Å². The minimum Gasteiger partial charge on any atom is -0.477 e. The molecule has 154 valence electrons. The Labute approximate surface area is 153 Å². The van der Waals surface area contributed by atoms with Crippen LogP contribution in [0.25, 0.3) is 0 Å². The van der Waals surface area contributed by atoms with Gasteiger partial charge in [-0.05, 0) is 0 Å². The molecule has 4 heterocycles. The number of rotatable bonds is 3. The zero-order chi connectivity index (χ0) is 19.5. The monoisotopic (exact) mass is 394 g/mol. The molecule has 0 saturated carbocycles. The Hall–Kier alpha value is -0.930. The van der Waals surface area contributed by atoms with Gasteiger partial charge in [0.1, 0.15) is 48.8 Å². The minimum atomic E-state index is -2.00. The summed E-state index contributed by atoms with van der Waals surface area (Å²) in [5.74, 6) is -3.39. The molecule has 5 N–H and O–H groups in total. The second-order valence-corrected chi connectivity index (χ2v) is 7.12. The molecule has 0 aromatic heterocycles. The van der Waals surface area contributed by atoms with E-state index in [9.17, 15) is 30.3 Å². The molecule has 0 amide bonds. The normalized spacial score (nSPS) is 55.1. The van der Waals surface area contributed by atoms with Crippen LogP contribution in [0.15, 0.2) is 0 Å². The van der Waals surface area contributed by atoms with E-state index in [2.05, 4.69) is 0 Å². The molecule has 4 aliphatic heterocycles. The van der Waals surface area contributed by atoms with Crippen LogP contribution in [0.3, 0.4) is 0 Å². The molecule has 0 aromatic rings. The average Bonchev–Trinajstić information content (AvgIpc) is 2.89. The number of aliphatic hydroxyl groups excluding tert-OH is 4. The number of carbonyl (C=O) groups is 1. The fourth-order valence-corrected chi connectivity index (χ4v) is 3.70. The molecular weight excluding hydrogens is 372 g/mol. The van der Waals surface area contributed by atoms with Crippen molar-refractivity contribution in [1.82, 2.24) is 0 Å². The van der Waals surface area contributed by atoms with Gasteiger partial charge in [-0.1, -0.05) is 0 Å². The predicted octanol–water partition coefficient (Wildman–Crippen LogP) is -3.49. The topological polar surface area (TPSA) is 174 Å². The maximum Gasteiger partial charge on any atom is 0.364 e. The van der Waals surface area contributed by atoms with Crippen molar-refractivity contribution in [3.8, 4) is 0 Å². The lowest BCUT2D eigenvalue weighted by Gasteiger charge is -2.49. The molecule has 0 spiro atoms. The first-order valence-corrected chi connectivity index (χ1v) is 8.56. The molecule has 4 saturated heterocycles. The van der Waals surface area contributed by atoms with Gasteiger partial charge in [0.15, 0.2) is 12.6 Å². The molecule has 1 unspecified atom stereocenters. The number of ether oxygens (including phenoxy) is 6. The average molecular weight is 394 g/mol. The van der Waals surface area contributed by atoms with Crippen molar-refractivity contribution >= 4 is 5.97 Å². The van der Waals surface area contributed by atoms with E-state index >= 15 is 0 Å². The molecule has 4 fully saturated rings. The highest BCUT2D eigenvalue weighted by Crippen LogP contribution is 2.37. The van der Waals surface area contributed by atoms with E-state index in [0.29, 0.717) is 0 Å². The SMILES string of the molecule is CC1(C(=O)O)OC[C@H]2O[C@@H](O)[C@H](O)[C@@H](O[C@H]3O[C@@H]4CO[C@@H]([C@H]4O)[C@H]3O)[C@H]2O1. The number of aliphatic carboxylic acids is 1. The second-order valence-electron chi connectivity index (χ2n) is 7.12. The molecule has 27 heavy (non-hydrogen) atoms. The maximum atomic E-state index is 11.4. The van der Waals surface area contributed by atoms with Crippen molar-refractivity contribution in [2.24, 2.45) is 0 Å². The van der Waals surface area contributed by atoms with Crippen LogP contribution in [0.1, 0.15) is 6.92 Å². The van der Waals surface area contributed by atoms with Gasteiger partial charge in [0.05, 0.1) is 13.2 Å². The van der Waals surface area contributed by atoms with Crippen LogP contribution in [-0.4, -0.2) is 112 Å². The molecule has 4 aliphatic rings. The first-order valence-electron chi connectivity index (χ1n) is 8.56. The fraction of sp³-hybridized carbons (Fsp3) is 0.933. The highest BCUT2D eigenvalue weighted by molar-refractivity contribution is 5.75. The van der Waals surface area contributed by atoms with Crippen molar-refractivity contribution in [1.29, 1.82) is 0 Å². The van der Waals surface area contributed by atoms with E-state index in [4.69, 9.17) is 28.4 Å². The molecule has 4 rings (SSSR count). The van der Waals surface area contributed by atoms with Crippen LogP contribution in [-0.2, 0) is 33.2 Å². The molecule has 0 aromatic carbocycles. The van der Waals surface area contributed by atoms with Gasteiger partial charge in [-0.15, -0.1) is 0 Å². The molecule has 0 radical (unpaired) electrons. The first-order chi connectivity index (χ1) is 12.7. The Bertz CT molecular complexity index is 587. The van der Waals surface area contributed by atoms with E-state index in [0.717, 1.165) is 0 Å². The number of aliphatic hydroxyl groups is 4. The summed E-state index contributed by atoms with van der Waals surface area (Å²) in [6, 6.07) is 0. The third-order valence-electron chi connectivity index (χ3n) is 5.29. The summed E-state index contributed by atoms with van der Waals surface area (Å²) in [4.78, 5) is 11.4. The molecule has 12 heteroatoms. The highest BCUT2D eigenvalue weighted by atomic mass is 16.8. The molecule has 12 nitrogen and oxygen atoms in total. The number of hydrogen-bond donors (Lipinski definition) is 5. The first kappa shape index (κ1) is 19.4. The predicted molar refractivity (Wildman–Crippen MR) is 79.0 cm³/mol. The van der Waals surface area contributed by atoms with Crippen LogP contribution in [0.2, 0.25) is 0 Å². The van der Waals surface area contributed by atoms with E-state index < -0.39 is 73.2 Å². The quantitative estimate of drug-likeness (QED) is 0.320. The standard InChI is InChI=1S/C15H22O12/c1-15(14(20)21)23-3-5-9(27-15)11(7(17)12(19)24-5)26-13-8(18)10-6(16)4(25-13)2-22-10/h4-13,16-19H,2-3H2,1H3,(H,20,21)/t4-,5-,6+,7-,8-,9+,10+,11-,12-,13-,15?/m1/s1. The fourth-order valence-electron chi connectivity index (χ4n) is 3.70. The van der Waals surface area contributed by atoms with E-state index in [1.807, 2.05) is 0 Å².